The molecule has 1 aliphatic heterocycles. The van der Waals surface area contributed by atoms with Crippen LogP contribution in [0.3, 0.4) is 0 Å². The molecule has 0 spiro atoms. The fourth-order valence-electron chi connectivity index (χ4n) is 1.42. The molecule has 0 unspecified atom stereocenters. The zero-order valence-corrected chi connectivity index (χ0v) is 9.09. The number of ether oxygens (including phenoxy) is 1. The van der Waals surface area contributed by atoms with E-state index in [0.717, 1.165) is 13.2 Å². The van der Waals surface area contributed by atoms with Gasteiger partial charge in [-0.3, -0.25) is 4.90 Å². The second-order valence-electron chi connectivity index (χ2n) is 3.45. The Hall–Kier alpha value is 0.170. The summed E-state index contributed by atoms with van der Waals surface area (Å²) in [6, 6.07) is 0. The number of hydrogen-bond acceptors (Lipinski definition) is 3. The third-order valence-corrected chi connectivity index (χ3v) is 2.52. The molecule has 1 rings (SSSR count). The maximum Gasteiger partial charge on any atom is 0.0602 e. The van der Waals surface area contributed by atoms with Crippen LogP contribution in [0, 0.1) is 0 Å². The topological polar surface area (TPSA) is 15.7 Å². The first-order chi connectivity index (χ1) is 6.33. The van der Waals surface area contributed by atoms with Crippen molar-refractivity contribution in [1.82, 2.24) is 9.80 Å². The van der Waals surface area contributed by atoms with Crippen molar-refractivity contribution in [3.63, 3.8) is 0 Å². The zero-order chi connectivity index (χ0) is 9.52. The summed E-state index contributed by atoms with van der Waals surface area (Å²) in [5, 5.41) is 0. The summed E-state index contributed by atoms with van der Waals surface area (Å²) in [6.45, 7) is 7.23. The van der Waals surface area contributed by atoms with Crippen LogP contribution in [0.5, 0.6) is 0 Å². The minimum Gasteiger partial charge on any atom is -0.379 e. The van der Waals surface area contributed by atoms with Crippen LogP contribution in [-0.4, -0.2) is 68.7 Å². The standard InChI is InChI=1S/C9H19ClN2O/c1-11-3-5-12(6-4-11)7-9-13-8-2-10/h2-9H2,1H3. The quantitative estimate of drug-likeness (QED) is 0.481. The number of alkyl halides is 1. The van der Waals surface area contributed by atoms with Crippen LogP contribution >= 0.6 is 11.6 Å². The Bertz CT molecular complexity index is 127. The van der Waals surface area contributed by atoms with Gasteiger partial charge in [-0.1, -0.05) is 0 Å². The average Bonchev–Trinajstić information content (AvgIpc) is 2.15. The monoisotopic (exact) mass is 206 g/mol. The van der Waals surface area contributed by atoms with E-state index < -0.39 is 0 Å². The van der Waals surface area contributed by atoms with E-state index in [4.69, 9.17) is 16.3 Å². The van der Waals surface area contributed by atoms with Crippen LogP contribution in [0.15, 0.2) is 0 Å². The molecule has 1 saturated heterocycles. The van der Waals surface area contributed by atoms with Gasteiger partial charge >= 0.3 is 0 Å². The van der Waals surface area contributed by atoms with Gasteiger partial charge in [-0.2, -0.15) is 0 Å². The first-order valence-corrected chi connectivity index (χ1v) is 5.41. The Morgan fingerprint density at radius 1 is 1.15 bits per heavy atom. The molecule has 0 radical (unpaired) electrons. The van der Waals surface area contributed by atoms with E-state index in [2.05, 4.69) is 16.8 Å². The lowest BCUT2D eigenvalue weighted by molar-refractivity contribution is 0.0890. The third-order valence-electron chi connectivity index (χ3n) is 2.37. The van der Waals surface area contributed by atoms with E-state index in [1.54, 1.807) is 0 Å². The molecule has 0 atom stereocenters. The molecule has 0 bridgehead atoms. The highest BCUT2D eigenvalue weighted by Gasteiger charge is 2.12. The van der Waals surface area contributed by atoms with Crippen LogP contribution in [-0.2, 0) is 4.74 Å². The summed E-state index contributed by atoms with van der Waals surface area (Å²) in [5.74, 6) is 0.600. The highest BCUT2D eigenvalue weighted by atomic mass is 35.5. The number of hydrogen-bond donors (Lipinski definition) is 0. The van der Waals surface area contributed by atoms with Gasteiger partial charge in [0.1, 0.15) is 0 Å². The highest BCUT2D eigenvalue weighted by Crippen LogP contribution is 1.98. The Labute approximate surface area is 85.6 Å². The first kappa shape index (κ1) is 11.2. The fraction of sp³-hybridized carbons (Fsp3) is 1.00. The summed E-state index contributed by atoms with van der Waals surface area (Å²) in [5.41, 5.74) is 0. The van der Waals surface area contributed by atoms with Crippen molar-refractivity contribution in [2.75, 3.05) is 58.9 Å². The van der Waals surface area contributed by atoms with Gasteiger partial charge < -0.3 is 9.64 Å². The molecule has 3 nitrogen and oxygen atoms in total. The number of rotatable bonds is 5. The van der Waals surface area contributed by atoms with Gasteiger partial charge in [-0.05, 0) is 7.05 Å². The van der Waals surface area contributed by atoms with Crippen molar-refractivity contribution in [2.24, 2.45) is 0 Å². The van der Waals surface area contributed by atoms with Crippen LogP contribution in [0.25, 0.3) is 0 Å². The van der Waals surface area contributed by atoms with Gasteiger partial charge in [-0.15, -0.1) is 11.6 Å². The molecule has 0 aromatic heterocycles. The Morgan fingerprint density at radius 3 is 2.46 bits per heavy atom. The van der Waals surface area contributed by atoms with Crippen molar-refractivity contribution < 1.29 is 4.74 Å². The molecule has 4 heteroatoms. The number of piperazine rings is 1. The summed E-state index contributed by atoms with van der Waals surface area (Å²) in [7, 11) is 2.17. The molecule has 0 aliphatic carbocycles. The van der Waals surface area contributed by atoms with E-state index in [1.807, 2.05) is 0 Å². The van der Waals surface area contributed by atoms with E-state index in [0.29, 0.717) is 12.5 Å². The van der Waals surface area contributed by atoms with Crippen LogP contribution in [0.4, 0.5) is 0 Å². The second kappa shape index (κ2) is 6.60. The molecule has 1 fully saturated rings. The average molecular weight is 207 g/mol. The molecule has 0 aromatic carbocycles. The highest BCUT2D eigenvalue weighted by molar-refractivity contribution is 6.17. The molecular weight excluding hydrogens is 188 g/mol. The zero-order valence-electron chi connectivity index (χ0n) is 8.34. The Morgan fingerprint density at radius 2 is 1.85 bits per heavy atom. The lowest BCUT2D eigenvalue weighted by atomic mass is 10.3. The summed E-state index contributed by atoms with van der Waals surface area (Å²) < 4.78 is 5.33. The first-order valence-electron chi connectivity index (χ1n) is 4.87. The molecule has 0 amide bonds. The molecule has 0 saturated carbocycles. The number of halogens is 1. The van der Waals surface area contributed by atoms with Crippen molar-refractivity contribution in [3.05, 3.63) is 0 Å². The van der Waals surface area contributed by atoms with Gasteiger partial charge in [0.05, 0.1) is 13.2 Å². The Balaban J connectivity index is 1.96. The molecule has 1 aliphatic rings. The van der Waals surface area contributed by atoms with Gasteiger partial charge in [0.15, 0.2) is 0 Å². The third kappa shape index (κ3) is 4.81. The van der Waals surface area contributed by atoms with Gasteiger partial charge in [-0.25, -0.2) is 0 Å². The maximum atomic E-state index is 5.50. The lowest BCUT2D eigenvalue weighted by Gasteiger charge is -2.32. The molecule has 0 N–H and O–H groups in total. The van der Waals surface area contributed by atoms with Crippen LogP contribution in [0.1, 0.15) is 0 Å². The normalized spacial score (nSPS) is 20.8. The predicted octanol–water partition coefficient (Wildman–Crippen LogP) is 0.489. The Kier molecular flexibility index (Phi) is 5.71. The molecular formula is C9H19ClN2O. The molecule has 0 aromatic rings. The van der Waals surface area contributed by atoms with Crippen molar-refractivity contribution >= 4 is 11.6 Å². The van der Waals surface area contributed by atoms with Gasteiger partial charge in [0, 0.05) is 38.6 Å². The van der Waals surface area contributed by atoms with E-state index in [1.165, 1.54) is 26.2 Å². The summed E-state index contributed by atoms with van der Waals surface area (Å²) in [4.78, 5) is 4.80. The largest absolute Gasteiger partial charge is 0.379 e. The predicted molar refractivity (Wildman–Crippen MR) is 55.5 cm³/mol. The summed E-state index contributed by atoms with van der Waals surface area (Å²) in [6.07, 6.45) is 0. The number of likely N-dealkylation sites (N-methyl/N-ethyl adjacent to an activating group) is 1. The molecule has 1 heterocycles. The van der Waals surface area contributed by atoms with E-state index in [-0.39, 0.29) is 0 Å². The molecule has 13 heavy (non-hydrogen) atoms. The summed E-state index contributed by atoms with van der Waals surface area (Å²) >= 11 is 5.50. The van der Waals surface area contributed by atoms with E-state index in [9.17, 15) is 0 Å². The van der Waals surface area contributed by atoms with Gasteiger partial charge in [0.2, 0.25) is 0 Å². The van der Waals surface area contributed by atoms with E-state index >= 15 is 0 Å². The minimum atomic E-state index is 0.600. The minimum absolute atomic E-state index is 0.600. The molecule has 78 valence electrons. The second-order valence-corrected chi connectivity index (χ2v) is 3.82. The van der Waals surface area contributed by atoms with Crippen LogP contribution in [0.2, 0.25) is 0 Å². The van der Waals surface area contributed by atoms with Gasteiger partial charge in [0.25, 0.3) is 0 Å². The number of nitrogens with zero attached hydrogens (tertiary/aromatic N) is 2. The van der Waals surface area contributed by atoms with Crippen LogP contribution < -0.4 is 0 Å². The van der Waals surface area contributed by atoms with Crippen molar-refractivity contribution in [1.29, 1.82) is 0 Å². The lowest BCUT2D eigenvalue weighted by Crippen LogP contribution is -2.45. The fourth-order valence-corrected chi connectivity index (χ4v) is 1.53. The van der Waals surface area contributed by atoms with Crippen molar-refractivity contribution in [3.8, 4) is 0 Å². The maximum absolute atomic E-state index is 5.50. The SMILES string of the molecule is CN1CCN(CCOCCCl)CC1. The smallest absolute Gasteiger partial charge is 0.0602 e. The van der Waals surface area contributed by atoms with Crippen molar-refractivity contribution in [2.45, 2.75) is 0 Å².